The van der Waals surface area contributed by atoms with Crippen molar-refractivity contribution < 1.29 is 14.3 Å². The summed E-state index contributed by atoms with van der Waals surface area (Å²) in [6, 6.07) is 17.2. The zero-order valence-electron chi connectivity index (χ0n) is 16.5. The van der Waals surface area contributed by atoms with Crippen molar-refractivity contribution in [3.63, 3.8) is 0 Å². The predicted molar refractivity (Wildman–Crippen MR) is 114 cm³/mol. The molecular formula is C23H26BrNO3. The lowest BCUT2D eigenvalue weighted by atomic mass is 9.71. The van der Waals surface area contributed by atoms with Crippen molar-refractivity contribution in [3.8, 4) is 0 Å². The average Bonchev–Trinajstić information content (AvgIpc) is 2.63. The summed E-state index contributed by atoms with van der Waals surface area (Å²) in [5.74, 6) is 0.0144. The molecule has 2 aromatic rings. The molecule has 148 valence electrons. The highest BCUT2D eigenvalue weighted by atomic mass is 79.9. The maximum Gasteiger partial charge on any atom is 0.408 e. The number of benzene rings is 2. The summed E-state index contributed by atoms with van der Waals surface area (Å²) >= 11 is 3.51. The molecule has 0 unspecified atom stereocenters. The third-order valence-electron chi connectivity index (χ3n) is 4.99. The van der Waals surface area contributed by atoms with Crippen LogP contribution < -0.4 is 5.32 Å². The van der Waals surface area contributed by atoms with Crippen LogP contribution in [-0.4, -0.2) is 17.5 Å². The normalized spacial score (nSPS) is 16.6. The number of ketones is 1. The van der Waals surface area contributed by atoms with Gasteiger partial charge in [0, 0.05) is 5.56 Å². The summed E-state index contributed by atoms with van der Waals surface area (Å²) < 4.78 is 5.42. The molecule has 2 aromatic carbocycles. The fourth-order valence-corrected chi connectivity index (χ4v) is 3.96. The first-order valence-electron chi connectivity index (χ1n) is 9.55. The molecule has 4 nitrogen and oxygen atoms in total. The van der Waals surface area contributed by atoms with Gasteiger partial charge in [-0.3, -0.25) is 4.79 Å². The molecule has 1 aliphatic rings. The third kappa shape index (κ3) is 4.64. The number of amides is 1. The van der Waals surface area contributed by atoms with E-state index in [0.717, 1.165) is 30.4 Å². The summed E-state index contributed by atoms with van der Waals surface area (Å²) in [5, 5.41) is 3.04. The van der Waals surface area contributed by atoms with E-state index in [2.05, 4.69) is 21.2 Å². The quantitative estimate of drug-likeness (QED) is 0.461. The molecule has 0 radical (unpaired) electrons. The van der Waals surface area contributed by atoms with E-state index in [1.165, 1.54) is 0 Å². The van der Waals surface area contributed by atoms with Crippen LogP contribution in [0.1, 0.15) is 66.3 Å². The van der Waals surface area contributed by atoms with Crippen molar-refractivity contribution in [3.05, 3.63) is 71.3 Å². The topological polar surface area (TPSA) is 55.4 Å². The number of halogens is 1. The van der Waals surface area contributed by atoms with E-state index < -0.39 is 17.2 Å². The van der Waals surface area contributed by atoms with Crippen molar-refractivity contribution in [2.45, 2.75) is 56.0 Å². The summed E-state index contributed by atoms with van der Waals surface area (Å²) in [6.07, 6.45) is 2.38. The highest BCUT2D eigenvalue weighted by Crippen LogP contribution is 2.41. The number of rotatable bonds is 5. The van der Waals surface area contributed by atoms with Gasteiger partial charge in [0.2, 0.25) is 0 Å². The lowest BCUT2D eigenvalue weighted by molar-refractivity contribution is 0.0377. The number of ether oxygens (including phenoxy) is 1. The van der Waals surface area contributed by atoms with Gasteiger partial charge in [0.15, 0.2) is 5.78 Å². The number of hydrogen-bond acceptors (Lipinski definition) is 3. The molecule has 3 rings (SSSR count). The van der Waals surface area contributed by atoms with Crippen molar-refractivity contribution in [2.75, 3.05) is 0 Å². The first-order chi connectivity index (χ1) is 13.2. The van der Waals surface area contributed by atoms with Crippen molar-refractivity contribution in [1.82, 2.24) is 5.32 Å². The Morgan fingerprint density at radius 2 is 1.64 bits per heavy atom. The van der Waals surface area contributed by atoms with Gasteiger partial charge in [-0.05, 0) is 51.2 Å². The molecule has 0 aromatic heterocycles. The number of carbonyl (C=O) groups excluding carboxylic acids is 2. The van der Waals surface area contributed by atoms with E-state index in [1.807, 2.05) is 75.4 Å². The Bertz CT molecular complexity index is 836. The molecular weight excluding hydrogens is 418 g/mol. The van der Waals surface area contributed by atoms with Crippen molar-refractivity contribution in [1.29, 1.82) is 0 Å². The SMILES string of the molecule is CC(C)(C)OC(=O)NC1(c2ccc(C(=O)[C@H](Br)c3ccccc3)cc2)CCC1. The van der Waals surface area contributed by atoms with Gasteiger partial charge >= 0.3 is 6.09 Å². The molecule has 28 heavy (non-hydrogen) atoms. The smallest absolute Gasteiger partial charge is 0.408 e. The van der Waals surface area contributed by atoms with Gasteiger partial charge < -0.3 is 10.1 Å². The minimum atomic E-state index is -0.534. The van der Waals surface area contributed by atoms with Crippen LogP contribution in [0.3, 0.4) is 0 Å². The highest BCUT2D eigenvalue weighted by Gasteiger charge is 2.41. The summed E-state index contributed by atoms with van der Waals surface area (Å²) in [6.45, 7) is 5.55. The fourth-order valence-electron chi connectivity index (χ4n) is 3.39. The molecule has 1 atom stereocenters. The third-order valence-corrected chi connectivity index (χ3v) is 5.94. The number of nitrogens with one attached hydrogen (secondary N) is 1. The summed E-state index contributed by atoms with van der Waals surface area (Å²) in [4.78, 5) is 24.7. The lowest BCUT2D eigenvalue weighted by Gasteiger charge is -2.43. The molecule has 1 aliphatic carbocycles. The Balaban J connectivity index is 1.74. The van der Waals surface area contributed by atoms with Crippen molar-refractivity contribution in [2.24, 2.45) is 0 Å². The molecule has 0 bridgehead atoms. The minimum Gasteiger partial charge on any atom is -0.444 e. The van der Waals surface area contributed by atoms with Gasteiger partial charge in [-0.2, -0.15) is 0 Å². The minimum absolute atomic E-state index is 0.0144. The Morgan fingerprint density at radius 3 is 2.14 bits per heavy atom. The second-order valence-electron chi connectivity index (χ2n) is 8.28. The first kappa shape index (κ1) is 20.6. The van der Waals surface area contributed by atoms with E-state index in [-0.39, 0.29) is 10.6 Å². The molecule has 1 fully saturated rings. The van der Waals surface area contributed by atoms with Gasteiger partial charge in [-0.15, -0.1) is 0 Å². The van der Waals surface area contributed by atoms with E-state index in [9.17, 15) is 9.59 Å². The average molecular weight is 444 g/mol. The van der Waals surface area contributed by atoms with Gasteiger partial charge in [0.1, 0.15) is 10.4 Å². The number of hydrogen-bond donors (Lipinski definition) is 1. The number of carbonyl (C=O) groups is 2. The second-order valence-corrected chi connectivity index (χ2v) is 9.19. The lowest BCUT2D eigenvalue weighted by Crippen LogP contribution is -2.52. The monoisotopic (exact) mass is 443 g/mol. The van der Waals surface area contributed by atoms with Crippen LogP contribution in [0.2, 0.25) is 0 Å². The van der Waals surface area contributed by atoms with Crippen LogP contribution in [0.25, 0.3) is 0 Å². The van der Waals surface area contributed by atoms with Crippen LogP contribution in [0.5, 0.6) is 0 Å². The van der Waals surface area contributed by atoms with Gasteiger partial charge in [-0.25, -0.2) is 4.79 Å². The Labute approximate surface area is 174 Å². The zero-order valence-corrected chi connectivity index (χ0v) is 18.1. The summed E-state index contributed by atoms with van der Waals surface area (Å²) in [5.41, 5.74) is 1.64. The molecule has 1 N–H and O–H groups in total. The standard InChI is InChI=1S/C23H26BrNO3/c1-22(2,3)28-21(27)25-23(14-7-15-23)18-12-10-17(11-13-18)20(26)19(24)16-8-5-4-6-9-16/h4-6,8-13,19H,7,14-15H2,1-3H3,(H,25,27)/t19-/m1/s1. The maximum atomic E-state index is 12.8. The van der Waals surface area contributed by atoms with Crippen LogP contribution in [-0.2, 0) is 10.3 Å². The Kier molecular flexibility index (Phi) is 5.94. The number of alkyl halides is 1. The molecule has 0 spiro atoms. The fraction of sp³-hybridized carbons (Fsp3) is 0.391. The van der Waals surface area contributed by atoms with Crippen LogP contribution in [0.15, 0.2) is 54.6 Å². The molecule has 0 saturated heterocycles. The molecule has 0 aliphatic heterocycles. The van der Waals surface area contributed by atoms with Crippen LogP contribution >= 0.6 is 15.9 Å². The largest absolute Gasteiger partial charge is 0.444 e. The van der Waals surface area contributed by atoms with Crippen LogP contribution in [0.4, 0.5) is 4.79 Å². The predicted octanol–water partition coefficient (Wildman–Crippen LogP) is 5.91. The Hall–Kier alpha value is -2.14. The first-order valence-corrected chi connectivity index (χ1v) is 10.5. The molecule has 5 heteroatoms. The van der Waals surface area contributed by atoms with Gasteiger partial charge in [0.05, 0.1) is 5.54 Å². The van der Waals surface area contributed by atoms with E-state index >= 15 is 0 Å². The molecule has 1 amide bonds. The highest BCUT2D eigenvalue weighted by molar-refractivity contribution is 9.09. The van der Waals surface area contributed by atoms with Gasteiger partial charge in [-0.1, -0.05) is 70.5 Å². The Morgan fingerprint density at radius 1 is 1.04 bits per heavy atom. The maximum absolute atomic E-state index is 12.8. The van der Waals surface area contributed by atoms with E-state index in [1.54, 1.807) is 0 Å². The van der Waals surface area contributed by atoms with Gasteiger partial charge in [0.25, 0.3) is 0 Å². The summed E-state index contributed by atoms with van der Waals surface area (Å²) in [7, 11) is 0. The number of alkyl carbamates (subject to hydrolysis) is 1. The molecule has 0 heterocycles. The van der Waals surface area contributed by atoms with E-state index in [0.29, 0.717) is 5.56 Å². The van der Waals surface area contributed by atoms with Crippen molar-refractivity contribution >= 4 is 27.8 Å². The zero-order chi connectivity index (χ0) is 20.4. The second kappa shape index (κ2) is 8.08. The van der Waals surface area contributed by atoms with E-state index in [4.69, 9.17) is 4.74 Å². The number of Topliss-reactive ketones (excluding diaryl/α,β-unsaturated/α-hetero) is 1. The molecule has 1 saturated carbocycles. The van der Waals surface area contributed by atoms with Crippen LogP contribution in [0, 0.1) is 0 Å².